The summed E-state index contributed by atoms with van der Waals surface area (Å²) in [7, 11) is 0. The predicted molar refractivity (Wildman–Crippen MR) is 59.8 cm³/mol. The summed E-state index contributed by atoms with van der Waals surface area (Å²) < 4.78 is 4.88. The third-order valence-electron chi connectivity index (χ3n) is 1.62. The van der Waals surface area contributed by atoms with Gasteiger partial charge in [0, 0.05) is 0 Å². The van der Waals surface area contributed by atoms with E-state index in [0.29, 0.717) is 6.42 Å². The standard InChI is InChI=1S/C11H21NO4/c1-7(2)6-8(13)9(14)12-10(15)16-11(3,4)5/h7-8,13H,6H2,1-5H3,(H,12,14,15)/t8-/m1/s1. The van der Waals surface area contributed by atoms with Gasteiger partial charge in [0.05, 0.1) is 0 Å². The first-order valence-corrected chi connectivity index (χ1v) is 5.33. The highest BCUT2D eigenvalue weighted by Crippen LogP contribution is 2.07. The molecular weight excluding hydrogens is 210 g/mol. The van der Waals surface area contributed by atoms with Crippen molar-refractivity contribution in [2.24, 2.45) is 5.92 Å². The Bertz CT molecular complexity index is 255. The van der Waals surface area contributed by atoms with E-state index in [1.54, 1.807) is 20.8 Å². The highest BCUT2D eigenvalue weighted by Gasteiger charge is 2.22. The van der Waals surface area contributed by atoms with Gasteiger partial charge in [-0.15, -0.1) is 0 Å². The Balaban J connectivity index is 4.10. The first-order chi connectivity index (χ1) is 7.11. The van der Waals surface area contributed by atoms with Crippen LogP contribution in [0.4, 0.5) is 4.79 Å². The lowest BCUT2D eigenvalue weighted by atomic mass is 10.1. The number of imide groups is 1. The zero-order chi connectivity index (χ0) is 12.9. The molecule has 0 aliphatic rings. The van der Waals surface area contributed by atoms with Crippen molar-refractivity contribution in [3.05, 3.63) is 0 Å². The molecule has 0 radical (unpaired) electrons. The number of aliphatic hydroxyl groups excluding tert-OH is 1. The van der Waals surface area contributed by atoms with Crippen molar-refractivity contribution in [3.8, 4) is 0 Å². The summed E-state index contributed by atoms with van der Waals surface area (Å²) in [5, 5.41) is 11.4. The van der Waals surface area contributed by atoms with Crippen molar-refractivity contribution in [2.45, 2.75) is 52.7 Å². The molecule has 0 aliphatic carbocycles. The third kappa shape index (κ3) is 7.23. The largest absolute Gasteiger partial charge is 0.444 e. The fourth-order valence-electron chi connectivity index (χ4n) is 1.04. The minimum atomic E-state index is -1.17. The van der Waals surface area contributed by atoms with Crippen LogP contribution in [0.1, 0.15) is 41.0 Å². The van der Waals surface area contributed by atoms with Crippen molar-refractivity contribution in [1.82, 2.24) is 5.32 Å². The molecule has 94 valence electrons. The summed E-state index contributed by atoms with van der Waals surface area (Å²) in [5.74, 6) is -0.540. The van der Waals surface area contributed by atoms with Gasteiger partial charge in [0.25, 0.3) is 5.91 Å². The van der Waals surface area contributed by atoms with E-state index < -0.39 is 23.7 Å². The summed E-state index contributed by atoms with van der Waals surface area (Å²) in [6.45, 7) is 8.85. The molecule has 0 spiro atoms. The first kappa shape index (κ1) is 14.9. The van der Waals surface area contributed by atoms with E-state index in [0.717, 1.165) is 0 Å². The van der Waals surface area contributed by atoms with Crippen molar-refractivity contribution < 1.29 is 19.4 Å². The van der Waals surface area contributed by atoms with Gasteiger partial charge in [-0.1, -0.05) is 13.8 Å². The van der Waals surface area contributed by atoms with Gasteiger partial charge in [-0.05, 0) is 33.1 Å². The number of hydrogen-bond acceptors (Lipinski definition) is 4. The Morgan fingerprint density at radius 1 is 1.31 bits per heavy atom. The zero-order valence-corrected chi connectivity index (χ0v) is 10.5. The molecule has 0 heterocycles. The second kappa shape index (κ2) is 5.84. The number of carbonyl (C=O) groups is 2. The summed E-state index contributed by atoms with van der Waals surface area (Å²) in [6, 6.07) is 0. The summed E-state index contributed by atoms with van der Waals surface area (Å²) in [6.07, 6.45) is -1.69. The van der Waals surface area contributed by atoms with E-state index in [4.69, 9.17) is 4.74 Å². The van der Waals surface area contributed by atoms with E-state index in [-0.39, 0.29) is 5.92 Å². The maximum absolute atomic E-state index is 11.3. The lowest BCUT2D eigenvalue weighted by molar-refractivity contribution is -0.129. The van der Waals surface area contributed by atoms with E-state index in [1.165, 1.54) is 0 Å². The van der Waals surface area contributed by atoms with E-state index >= 15 is 0 Å². The second-order valence-corrected chi connectivity index (χ2v) is 5.14. The number of amides is 2. The Kier molecular flexibility index (Phi) is 5.44. The SMILES string of the molecule is CC(C)C[C@@H](O)C(=O)NC(=O)OC(C)(C)C. The Morgan fingerprint density at radius 2 is 1.81 bits per heavy atom. The highest BCUT2D eigenvalue weighted by molar-refractivity contribution is 5.94. The molecule has 0 saturated carbocycles. The first-order valence-electron chi connectivity index (χ1n) is 5.33. The number of ether oxygens (including phenoxy) is 1. The molecule has 0 bridgehead atoms. The summed E-state index contributed by atoms with van der Waals surface area (Å²) in [5.41, 5.74) is -0.659. The predicted octanol–water partition coefficient (Wildman–Crippen LogP) is 1.44. The average molecular weight is 231 g/mol. The molecule has 0 unspecified atom stereocenters. The Labute approximate surface area is 96.2 Å². The molecule has 1 atom stereocenters. The van der Waals surface area contributed by atoms with Gasteiger partial charge in [-0.2, -0.15) is 0 Å². The van der Waals surface area contributed by atoms with E-state index in [1.807, 2.05) is 19.2 Å². The summed E-state index contributed by atoms with van der Waals surface area (Å²) in [4.78, 5) is 22.5. The molecule has 16 heavy (non-hydrogen) atoms. The number of alkyl carbamates (subject to hydrolysis) is 1. The van der Waals surface area contributed by atoms with Gasteiger partial charge in [0.1, 0.15) is 11.7 Å². The van der Waals surface area contributed by atoms with Crippen LogP contribution in [-0.4, -0.2) is 28.8 Å². The van der Waals surface area contributed by atoms with Crippen LogP contribution in [0.2, 0.25) is 0 Å². The van der Waals surface area contributed by atoms with Crippen LogP contribution < -0.4 is 5.32 Å². The van der Waals surface area contributed by atoms with E-state index in [9.17, 15) is 14.7 Å². The molecule has 0 aromatic heterocycles. The molecule has 2 N–H and O–H groups in total. The number of hydrogen-bond donors (Lipinski definition) is 2. The Morgan fingerprint density at radius 3 is 2.19 bits per heavy atom. The molecule has 5 nitrogen and oxygen atoms in total. The van der Waals surface area contributed by atoms with Crippen LogP contribution in [-0.2, 0) is 9.53 Å². The van der Waals surface area contributed by atoms with Crippen LogP contribution in [0, 0.1) is 5.92 Å². The maximum Gasteiger partial charge on any atom is 0.414 e. The molecule has 0 rings (SSSR count). The smallest absolute Gasteiger partial charge is 0.414 e. The maximum atomic E-state index is 11.3. The average Bonchev–Trinajstić information content (AvgIpc) is 1.98. The van der Waals surface area contributed by atoms with Crippen LogP contribution in [0.3, 0.4) is 0 Å². The van der Waals surface area contributed by atoms with Gasteiger partial charge in [0.15, 0.2) is 0 Å². The van der Waals surface area contributed by atoms with Crippen molar-refractivity contribution in [1.29, 1.82) is 0 Å². The van der Waals surface area contributed by atoms with Gasteiger partial charge < -0.3 is 9.84 Å². The fraction of sp³-hybridized carbons (Fsp3) is 0.818. The van der Waals surface area contributed by atoms with Gasteiger partial charge in [-0.3, -0.25) is 10.1 Å². The fourth-order valence-corrected chi connectivity index (χ4v) is 1.04. The van der Waals surface area contributed by atoms with E-state index in [2.05, 4.69) is 0 Å². The number of rotatable bonds is 3. The normalized spacial score (nSPS) is 13.4. The molecule has 0 aromatic carbocycles. The Hall–Kier alpha value is -1.10. The third-order valence-corrected chi connectivity index (χ3v) is 1.62. The van der Waals surface area contributed by atoms with Crippen LogP contribution >= 0.6 is 0 Å². The number of nitrogens with one attached hydrogen (secondary N) is 1. The number of aliphatic hydroxyl groups is 1. The lowest BCUT2D eigenvalue weighted by Crippen LogP contribution is -2.42. The lowest BCUT2D eigenvalue weighted by Gasteiger charge is -2.20. The molecule has 2 amide bonds. The molecule has 5 heteroatoms. The second-order valence-electron chi connectivity index (χ2n) is 5.14. The highest BCUT2D eigenvalue weighted by atomic mass is 16.6. The van der Waals surface area contributed by atoms with Gasteiger partial charge in [0.2, 0.25) is 0 Å². The van der Waals surface area contributed by atoms with Crippen molar-refractivity contribution >= 4 is 12.0 Å². The van der Waals surface area contributed by atoms with Crippen molar-refractivity contribution in [3.63, 3.8) is 0 Å². The molecule has 0 fully saturated rings. The molecular formula is C11H21NO4. The van der Waals surface area contributed by atoms with Gasteiger partial charge in [-0.25, -0.2) is 4.79 Å². The van der Waals surface area contributed by atoms with Gasteiger partial charge >= 0.3 is 6.09 Å². The van der Waals surface area contributed by atoms with Crippen LogP contribution in [0.5, 0.6) is 0 Å². The van der Waals surface area contributed by atoms with Crippen molar-refractivity contribution in [2.75, 3.05) is 0 Å². The molecule has 0 aromatic rings. The number of carbonyl (C=O) groups excluding carboxylic acids is 2. The summed E-state index contributed by atoms with van der Waals surface area (Å²) >= 11 is 0. The topological polar surface area (TPSA) is 75.6 Å². The zero-order valence-electron chi connectivity index (χ0n) is 10.5. The van der Waals surface area contributed by atoms with Crippen LogP contribution in [0.25, 0.3) is 0 Å². The molecule has 0 saturated heterocycles. The minimum absolute atomic E-state index is 0.180. The molecule has 0 aliphatic heterocycles. The monoisotopic (exact) mass is 231 g/mol. The van der Waals surface area contributed by atoms with Crippen LogP contribution in [0.15, 0.2) is 0 Å². The quantitative estimate of drug-likeness (QED) is 0.770. The minimum Gasteiger partial charge on any atom is -0.444 e.